The Hall–Kier alpha value is -1.02. The Bertz CT molecular complexity index is 369. The normalized spacial score (nSPS) is 23.8. The molecule has 3 rings (SSSR count). The summed E-state index contributed by atoms with van der Waals surface area (Å²) in [6.07, 6.45) is 5.37. The third kappa shape index (κ3) is 2.47. The second kappa shape index (κ2) is 5.09. The summed E-state index contributed by atoms with van der Waals surface area (Å²) in [5.74, 6) is 0.900. The summed E-state index contributed by atoms with van der Waals surface area (Å²) >= 11 is 0. The fourth-order valence-electron chi connectivity index (χ4n) is 3.15. The van der Waals surface area contributed by atoms with E-state index in [4.69, 9.17) is 0 Å². The molecular weight excluding hydrogens is 208 g/mol. The average Bonchev–Trinajstić information content (AvgIpc) is 2.81. The third-order valence-electron chi connectivity index (χ3n) is 4.19. The van der Waals surface area contributed by atoms with E-state index < -0.39 is 0 Å². The highest BCUT2D eigenvalue weighted by Gasteiger charge is 2.20. The van der Waals surface area contributed by atoms with Crippen molar-refractivity contribution in [1.82, 2.24) is 5.32 Å². The molecule has 2 heteroatoms. The first-order valence-corrected chi connectivity index (χ1v) is 6.97. The van der Waals surface area contributed by atoms with Crippen molar-refractivity contribution in [3.63, 3.8) is 0 Å². The first-order valence-electron chi connectivity index (χ1n) is 6.97. The summed E-state index contributed by atoms with van der Waals surface area (Å²) < 4.78 is 0. The summed E-state index contributed by atoms with van der Waals surface area (Å²) in [5, 5.41) is 3.51. The number of anilines is 1. The van der Waals surface area contributed by atoms with Gasteiger partial charge in [0.15, 0.2) is 0 Å². The van der Waals surface area contributed by atoms with Crippen molar-refractivity contribution in [1.29, 1.82) is 0 Å². The Morgan fingerprint density at radius 2 is 2.24 bits per heavy atom. The molecule has 0 radical (unpaired) electrons. The Labute approximate surface area is 104 Å². The predicted molar refractivity (Wildman–Crippen MR) is 72.6 cm³/mol. The Morgan fingerprint density at radius 1 is 1.29 bits per heavy atom. The Balaban J connectivity index is 1.56. The SMILES string of the molecule is c1ccc2c(c1)CCN2CC[C@@H]1CCCNC1. The maximum Gasteiger partial charge on any atom is 0.0399 e. The fraction of sp³-hybridized carbons (Fsp3) is 0.600. The molecule has 1 N–H and O–H groups in total. The monoisotopic (exact) mass is 230 g/mol. The van der Waals surface area contributed by atoms with Crippen molar-refractivity contribution in [3.8, 4) is 0 Å². The van der Waals surface area contributed by atoms with E-state index in [1.54, 1.807) is 0 Å². The van der Waals surface area contributed by atoms with Crippen molar-refractivity contribution in [2.45, 2.75) is 25.7 Å². The van der Waals surface area contributed by atoms with Crippen LogP contribution in [0.2, 0.25) is 0 Å². The van der Waals surface area contributed by atoms with Crippen LogP contribution in [0.15, 0.2) is 24.3 Å². The molecule has 0 spiro atoms. The number of hydrogen-bond donors (Lipinski definition) is 1. The van der Waals surface area contributed by atoms with Gasteiger partial charge in [0.1, 0.15) is 0 Å². The van der Waals surface area contributed by atoms with Crippen LogP contribution in [0.25, 0.3) is 0 Å². The van der Waals surface area contributed by atoms with Gasteiger partial charge in [0.05, 0.1) is 0 Å². The summed E-state index contributed by atoms with van der Waals surface area (Å²) in [6, 6.07) is 8.88. The molecule has 2 aliphatic rings. The first-order chi connectivity index (χ1) is 8.43. The molecule has 0 aromatic heterocycles. The lowest BCUT2D eigenvalue weighted by Gasteiger charge is -2.26. The number of nitrogens with zero attached hydrogens (tertiary/aromatic N) is 1. The topological polar surface area (TPSA) is 15.3 Å². The minimum absolute atomic E-state index is 0.900. The minimum Gasteiger partial charge on any atom is -0.371 e. The van der Waals surface area contributed by atoms with E-state index in [1.807, 2.05) is 0 Å². The van der Waals surface area contributed by atoms with Crippen molar-refractivity contribution in [2.24, 2.45) is 5.92 Å². The second-order valence-corrected chi connectivity index (χ2v) is 5.37. The van der Waals surface area contributed by atoms with Gasteiger partial charge in [-0.3, -0.25) is 0 Å². The van der Waals surface area contributed by atoms with Gasteiger partial charge >= 0.3 is 0 Å². The predicted octanol–water partition coefficient (Wildman–Crippen LogP) is 2.44. The Kier molecular flexibility index (Phi) is 3.32. The van der Waals surface area contributed by atoms with Crippen LogP contribution in [-0.4, -0.2) is 26.2 Å². The van der Waals surface area contributed by atoms with Gasteiger partial charge in [-0.15, -0.1) is 0 Å². The van der Waals surface area contributed by atoms with Gasteiger partial charge in [-0.05, 0) is 56.3 Å². The molecule has 0 saturated carbocycles. The molecule has 17 heavy (non-hydrogen) atoms. The molecule has 1 fully saturated rings. The van der Waals surface area contributed by atoms with Crippen molar-refractivity contribution in [3.05, 3.63) is 29.8 Å². The summed E-state index contributed by atoms with van der Waals surface area (Å²) in [5.41, 5.74) is 3.02. The second-order valence-electron chi connectivity index (χ2n) is 5.37. The van der Waals surface area contributed by atoms with Crippen LogP contribution in [0.4, 0.5) is 5.69 Å². The largest absolute Gasteiger partial charge is 0.371 e. The van der Waals surface area contributed by atoms with Gasteiger partial charge in [0.25, 0.3) is 0 Å². The van der Waals surface area contributed by atoms with Gasteiger partial charge < -0.3 is 10.2 Å². The molecule has 0 aliphatic carbocycles. The number of rotatable bonds is 3. The van der Waals surface area contributed by atoms with E-state index in [9.17, 15) is 0 Å². The number of fused-ring (bicyclic) bond motifs is 1. The van der Waals surface area contributed by atoms with E-state index in [0.717, 1.165) is 5.92 Å². The lowest BCUT2D eigenvalue weighted by Crippen LogP contribution is -2.32. The minimum atomic E-state index is 0.900. The molecule has 1 atom stereocenters. The maximum absolute atomic E-state index is 3.51. The highest BCUT2D eigenvalue weighted by atomic mass is 15.1. The molecule has 2 heterocycles. The highest BCUT2D eigenvalue weighted by Crippen LogP contribution is 2.28. The maximum atomic E-state index is 3.51. The zero-order valence-corrected chi connectivity index (χ0v) is 10.5. The van der Waals surface area contributed by atoms with Crippen molar-refractivity contribution in [2.75, 3.05) is 31.1 Å². The van der Waals surface area contributed by atoms with Crippen molar-refractivity contribution >= 4 is 5.69 Å². The van der Waals surface area contributed by atoms with Gasteiger partial charge in [0.2, 0.25) is 0 Å². The molecule has 2 aliphatic heterocycles. The Morgan fingerprint density at radius 3 is 3.12 bits per heavy atom. The number of hydrogen-bond acceptors (Lipinski definition) is 2. The lowest BCUT2D eigenvalue weighted by atomic mass is 9.96. The van der Waals surface area contributed by atoms with Gasteiger partial charge in [0, 0.05) is 18.8 Å². The number of piperidine rings is 1. The van der Waals surface area contributed by atoms with Crippen LogP contribution in [0.1, 0.15) is 24.8 Å². The van der Waals surface area contributed by atoms with Crippen LogP contribution in [0.3, 0.4) is 0 Å². The van der Waals surface area contributed by atoms with Crippen LogP contribution in [-0.2, 0) is 6.42 Å². The van der Waals surface area contributed by atoms with E-state index in [-0.39, 0.29) is 0 Å². The van der Waals surface area contributed by atoms with Crippen LogP contribution < -0.4 is 10.2 Å². The van der Waals surface area contributed by atoms with E-state index in [1.165, 1.54) is 63.1 Å². The molecule has 0 amide bonds. The standard InChI is InChI=1S/C15H22N2/c1-2-6-15-14(5-1)8-11-17(15)10-7-13-4-3-9-16-12-13/h1-2,5-6,13,16H,3-4,7-12H2/t13-/m0/s1. The molecule has 0 bridgehead atoms. The van der Waals surface area contributed by atoms with E-state index in [2.05, 4.69) is 34.5 Å². The number of nitrogens with one attached hydrogen (secondary N) is 1. The number of para-hydroxylation sites is 1. The van der Waals surface area contributed by atoms with Crippen LogP contribution in [0.5, 0.6) is 0 Å². The lowest BCUT2D eigenvalue weighted by molar-refractivity contribution is 0.359. The van der Waals surface area contributed by atoms with Gasteiger partial charge in [-0.25, -0.2) is 0 Å². The highest BCUT2D eigenvalue weighted by molar-refractivity contribution is 5.57. The quantitative estimate of drug-likeness (QED) is 0.858. The number of benzene rings is 1. The summed E-state index contributed by atoms with van der Waals surface area (Å²) in [6.45, 7) is 4.92. The van der Waals surface area contributed by atoms with Gasteiger partial charge in [-0.2, -0.15) is 0 Å². The van der Waals surface area contributed by atoms with E-state index >= 15 is 0 Å². The zero-order valence-electron chi connectivity index (χ0n) is 10.5. The molecule has 0 unspecified atom stereocenters. The molecular formula is C15H22N2. The zero-order chi connectivity index (χ0) is 11.5. The molecule has 92 valence electrons. The van der Waals surface area contributed by atoms with Crippen LogP contribution in [0, 0.1) is 5.92 Å². The van der Waals surface area contributed by atoms with E-state index in [0.29, 0.717) is 0 Å². The smallest absolute Gasteiger partial charge is 0.0399 e. The molecule has 1 saturated heterocycles. The molecule has 2 nitrogen and oxygen atoms in total. The summed E-state index contributed by atoms with van der Waals surface area (Å²) in [7, 11) is 0. The van der Waals surface area contributed by atoms with Gasteiger partial charge in [-0.1, -0.05) is 18.2 Å². The molecule has 1 aromatic carbocycles. The van der Waals surface area contributed by atoms with Crippen LogP contribution >= 0.6 is 0 Å². The first kappa shape index (κ1) is 11.1. The fourth-order valence-corrected chi connectivity index (χ4v) is 3.15. The molecule has 1 aromatic rings. The van der Waals surface area contributed by atoms with Crippen molar-refractivity contribution < 1.29 is 0 Å². The summed E-state index contributed by atoms with van der Waals surface area (Å²) in [4.78, 5) is 2.57. The average molecular weight is 230 g/mol. The third-order valence-corrected chi connectivity index (χ3v) is 4.19.